The Labute approximate surface area is 250 Å². The Kier molecular flexibility index (Phi) is 20.3. The van der Waals surface area contributed by atoms with Gasteiger partial charge in [0.15, 0.2) is 0 Å². The molecule has 0 aromatic heterocycles. The summed E-state index contributed by atoms with van der Waals surface area (Å²) in [6.45, 7) is 1.14. The monoisotopic (exact) mass is 610 g/mol. The van der Waals surface area contributed by atoms with Gasteiger partial charge in [-0.2, -0.15) is 9.59 Å². The first-order valence-electron chi connectivity index (χ1n) is 13.9. The largest absolute Gasteiger partial charge is 0.534 e. The van der Waals surface area contributed by atoms with Gasteiger partial charge in [0.25, 0.3) is 23.6 Å². The molecule has 0 radical (unpaired) electrons. The van der Waals surface area contributed by atoms with Crippen molar-refractivity contribution in [3.05, 3.63) is 24.3 Å². The quantitative estimate of drug-likeness (QED) is 0.278. The van der Waals surface area contributed by atoms with Crippen molar-refractivity contribution in [1.82, 2.24) is 10.1 Å². The number of amides is 4. The lowest BCUT2D eigenvalue weighted by Gasteiger charge is -2.17. The second-order valence-corrected chi connectivity index (χ2v) is 9.53. The Hall–Kier alpha value is -4.16. The van der Waals surface area contributed by atoms with E-state index in [4.69, 9.17) is 19.4 Å². The average molecular weight is 611 g/mol. The zero-order valence-electron chi connectivity index (χ0n) is 23.7. The van der Waals surface area contributed by atoms with Gasteiger partial charge in [0.2, 0.25) is 0 Å². The standard InChI is InChI=1S/C13H17NO5.C8H14O.C6H7NO4.CO2.CH4/c15-11-8-9-12(16)14(11)19-13(17)18-10-6-4-2-1-3-5-7-10;9-8-6-4-2-1-3-5-7-8;1-4(8)11-7-5(9)2-3-6(7)10;2-1-3;/h4,6,10H,1-3,5,7-9H2;4,6,8-9H,1-3,5,7H2;2-3H2,1H3;;1H4/b2*6-4+;;;. The fraction of sp³-hybridized carbons (Fsp3) is 0.621. The highest BCUT2D eigenvalue weighted by Gasteiger charge is 2.34. The SMILES string of the molecule is C.CC(=O)ON1C(=O)CCC1=O.O=C(OC1/C=C/CCCCC1)ON1C(=O)CCC1=O.O=C=O.OC1/C=C/CCCCC1. The van der Waals surface area contributed by atoms with Crippen molar-refractivity contribution in [3.8, 4) is 0 Å². The summed E-state index contributed by atoms with van der Waals surface area (Å²) >= 11 is 0. The summed E-state index contributed by atoms with van der Waals surface area (Å²) in [7, 11) is 0. The van der Waals surface area contributed by atoms with Gasteiger partial charge in [-0.15, -0.1) is 5.06 Å². The number of carbonyl (C=O) groups excluding carboxylic acids is 8. The fourth-order valence-electron chi connectivity index (χ4n) is 4.03. The van der Waals surface area contributed by atoms with Crippen molar-refractivity contribution >= 4 is 41.9 Å². The average Bonchev–Trinajstić information content (AvgIpc) is 3.39. The Morgan fingerprint density at radius 2 is 1.19 bits per heavy atom. The molecule has 2 fully saturated rings. The number of hydrogen-bond acceptors (Lipinski definition) is 12. The highest BCUT2D eigenvalue weighted by Crippen LogP contribution is 2.17. The van der Waals surface area contributed by atoms with Crippen molar-refractivity contribution in [3.63, 3.8) is 0 Å². The number of aliphatic hydroxyl groups excluding tert-OH is 1. The van der Waals surface area contributed by atoms with Gasteiger partial charge in [0, 0.05) is 32.6 Å². The fourth-order valence-corrected chi connectivity index (χ4v) is 4.03. The van der Waals surface area contributed by atoms with E-state index in [1.54, 1.807) is 0 Å². The summed E-state index contributed by atoms with van der Waals surface area (Å²) in [5, 5.41) is 10.1. The van der Waals surface area contributed by atoms with E-state index in [1.807, 2.05) is 18.2 Å². The van der Waals surface area contributed by atoms with Crippen molar-refractivity contribution in [2.24, 2.45) is 0 Å². The highest BCUT2D eigenvalue weighted by molar-refractivity contribution is 6.02. The number of rotatable bonds is 3. The first-order chi connectivity index (χ1) is 20.1. The molecule has 4 rings (SSSR count). The molecule has 0 saturated carbocycles. The second kappa shape index (κ2) is 22.4. The lowest BCUT2D eigenvalue weighted by Crippen LogP contribution is -2.33. The molecular weight excluding hydrogens is 568 g/mol. The maximum atomic E-state index is 11.5. The Balaban J connectivity index is 0.000000627. The molecule has 14 nitrogen and oxygen atoms in total. The van der Waals surface area contributed by atoms with Crippen LogP contribution in [-0.2, 0) is 48.0 Å². The normalized spacial score (nSPS) is 22.8. The molecule has 240 valence electrons. The molecule has 0 spiro atoms. The number of nitrogens with zero attached hydrogens (tertiary/aromatic N) is 2. The van der Waals surface area contributed by atoms with Crippen LogP contribution in [0.3, 0.4) is 0 Å². The van der Waals surface area contributed by atoms with Gasteiger partial charge in [-0.3, -0.25) is 24.0 Å². The topological polar surface area (TPSA) is 191 Å². The summed E-state index contributed by atoms with van der Waals surface area (Å²) in [4.78, 5) is 91.1. The third-order valence-electron chi connectivity index (χ3n) is 6.08. The number of aliphatic hydroxyl groups is 1. The molecule has 0 bridgehead atoms. The maximum absolute atomic E-state index is 11.5. The van der Waals surface area contributed by atoms with Crippen LogP contribution < -0.4 is 0 Å². The minimum atomic E-state index is -1.00. The molecule has 0 aromatic rings. The van der Waals surface area contributed by atoms with E-state index in [0.717, 1.165) is 51.9 Å². The number of carbonyl (C=O) groups is 6. The molecule has 2 saturated heterocycles. The molecule has 14 heteroatoms. The Morgan fingerprint density at radius 3 is 1.67 bits per heavy atom. The molecule has 43 heavy (non-hydrogen) atoms. The Bertz CT molecular complexity index is 1000. The van der Waals surface area contributed by atoms with E-state index in [-0.39, 0.29) is 51.5 Å². The molecule has 2 heterocycles. The van der Waals surface area contributed by atoms with Gasteiger partial charge in [0.1, 0.15) is 6.10 Å². The van der Waals surface area contributed by atoms with Crippen LogP contribution in [0.15, 0.2) is 24.3 Å². The van der Waals surface area contributed by atoms with Gasteiger partial charge in [0.05, 0.1) is 6.10 Å². The number of ether oxygens (including phenoxy) is 1. The van der Waals surface area contributed by atoms with Gasteiger partial charge in [-0.1, -0.05) is 50.0 Å². The van der Waals surface area contributed by atoms with Crippen molar-refractivity contribution in [1.29, 1.82) is 0 Å². The first-order valence-corrected chi connectivity index (χ1v) is 13.9. The van der Waals surface area contributed by atoms with Crippen molar-refractivity contribution in [2.75, 3.05) is 0 Å². The zero-order valence-corrected chi connectivity index (χ0v) is 23.7. The number of hydrogen-bond donors (Lipinski definition) is 1. The van der Waals surface area contributed by atoms with E-state index < -0.39 is 35.8 Å². The van der Waals surface area contributed by atoms with Crippen LogP contribution in [0, 0.1) is 0 Å². The Morgan fingerprint density at radius 1 is 0.744 bits per heavy atom. The summed E-state index contributed by atoms with van der Waals surface area (Å²) in [6.07, 6.45) is 17.7. The molecule has 4 amide bonds. The van der Waals surface area contributed by atoms with Crippen LogP contribution in [0.4, 0.5) is 4.79 Å². The van der Waals surface area contributed by atoms with E-state index in [0.29, 0.717) is 10.1 Å². The molecule has 4 aliphatic rings. The number of hydroxylamine groups is 4. The number of allylic oxidation sites excluding steroid dienone is 2. The molecule has 2 aliphatic carbocycles. The minimum absolute atomic E-state index is 0. The molecule has 2 aliphatic heterocycles. The van der Waals surface area contributed by atoms with E-state index in [1.165, 1.54) is 19.3 Å². The van der Waals surface area contributed by atoms with E-state index in [2.05, 4.69) is 15.8 Å². The van der Waals surface area contributed by atoms with Crippen LogP contribution in [0.2, 0.25) is 0 Å². The summed E-state index contributed by atoms with van der Waals surface area (Å²) < 4.78 is 5.09. The lowest BCUT2D eigenvalue weighted by molar-refractivity contribution is -0.195. The molecule has 2 atom stereocenters. The molecule has 0 aromatic carbocycles. The van der Waals surface area contributed by atoms with Gasteiger partial charge < -0.3 is 14.7 Å². The first kappa shape index (κ1) is 38.8. The number of imide groups is 2. The van der Waals surface area contributed by atoms with Gasteiger partial charge >= 0.3 is 18.3 Å². The van der Waals surface area contributed by atoms with Gasteiger partial charge in [-0.05, 0) is 51.0 Å². The minimum Gasteiger partial charge on any atom is -0.425 e. The third-order valence-corrected chi connectivity index (χ3v) is 6.08. The second-order valence-electron chi connectivity index (χ2n) is 9.53. The molecular formula is C29H42N2O12. The molecule has 2 unspecified atom stereocenters. The van der Waals surface area contributed by atoms with Crippen LogP contribution in [-0.4, -0.2) is 69.3 Å². The van der Waals surface area contributed by atoms with Gasteiger partial charge in [-0.25, -0.2) is 9.59 Å². The van der Waals surface area contributed by atoms with Crippen LogP contribution in [0.1, 0.15) is 104 Å². The molecule has 1 N–H and O–H groups in total. The van der Waals surface area contributed by atoms with Crippen molar-refractivity contribution < 1.29 is 57.9 Å². The summed E-state index contributed by atoms with van der Waals surface area (Å²) in [5.41, 5.74) is 0. The van der Waals surface area contributed by atoms with E-state index in [9.17, 15) is 28.8 Å². The van der Waals surface area contributed by atoms with E-state index >= 15 is 0 Å². The summed E-state index contributed by atoms with van der Waals surface area (Å²) in [5.74, 6) is -2.57. The predicted octanol–water partition coefficient (Wildman–Crippen LogP) is 3.63. The lowest BCUT2D eigenvalue weighted by atomic mass is 10.0. The predicted molar refractivity (Wildman–Crippen MR) is 147 cm³/mol. The van der Waals surface area contributed by atoms with Crippen LogP contribution >= 0.6 is 0 Å². The highest BCUT2D eigenvalue weighted by atomic mass is 16.8. The van der Waals surface area contributed by atoms with Crippen molar-refractivity contribution in [2.45, 2.75) is 116 Å². The summed E-state index contributed by atoms with van der Waals surface area (Å²) in [6, 6.07) is 0. The third kappa shape index (κ3) is 16.8. The van der Waals surface area contributed by atoms with Crippen LogP contribution in [0.5, 0.6) is 0 Å². The smallest absolute Gasteiger partial charge is 0.425 e. The zero-order chi connectivity index (χ0) is 31.3. The van der Waals surface area contributed by atoms with Crippen LogP contribution in [0.25, 0.3) is 0 Å². The maximum Gasteiger partial charge on any atom is 0.534 e.